The highest BCUT2D eigenvalue weighted by molar-refractivity contribution is 6.09. The molecule has 2 aromatic heterocycles. The summed E-state index contributed by atoms with van der Waals surface area (Å²) in [5, 5.41) is 13.7. The van der Waals surface area contributed by atoms with Gasteiger partial charge in [-0.2, -0.15) is 0 Å². The fourth-order valence-electron chi connectivity index (χ4n) is 4.26. The fraction of sp³-hybridized carbons (Fsp3) is 0.292. The molecule has 0 fully saturated rings. The van der Waals surface area contributed by atoms with E-state index < -0.39 is 17.4 Å². The molecular formula is C24H26N4O3. The molecule has 0 aliphatic heterocycles. The molecule has 7 nitrogen and oxygen atoms in total. The number of rotatable bonds is 6. The van der Waals surface area contributed by atoms with Gasteiger partial charge in [0, 0.05) is 42.2 Å². The van der Waals surface area contributed by atoms with Crippen LogP contribution in [-0.4, -0.2) is 33.0 Å². The second-order valence-electron chi connectivity index (χ2n) is 8.51. The number of hydrogen-bond donors (Lipinski definition) is 3. The number of aliphatic hydroxyl groups excluding tert-OH is 1. The van der Waals surface area contributed by atoms with Gasteiger partial charge in [0.2, 0.25) is 5.91 Å². The predicted octanol–water partition coefficient (Wildman–Crippen LogP) is 3.25. The van der Waals surface area contributed by atoms with Crippen LogP contribution in [0.4, 0.5) is 11.4 Å². The molecule has 0 bridgehead atoms. The molecular weight excluding hydrogens is 392 g/mol. The van der Waals surface area contributed by atoms with E-state index >= 15 is 0 Å². The Bertz CT molecular complexity index is 1120. The van der Waals surface area contributed by atoms with E-state index in [9.17, 15) is 14.7 Å². The quantitative estimate of drug-likeness (QED) is 0.569. The van der Waals surface area contributed by atoms with E-state index in [1.165, 1.54) is 0 Å². The molecule has 1 aliphatic carbocycles. The number of fused-ring (bicyclic) bond motifs is 1. The SMILES string of the molecule is CC(C)(CO)n1c2c(c(Nc3ccccc3)c1-c1ccncc1)C(=O)CC(C(N)=O)C2. The molecule has 1 aliphatic rings. The number of benzene rings is 1. The van der Waals surface area contributed by atoms with Gasteiger partial charge in [0.05, 0.1) is 35.0 Å². The van der Waals surface area contributed by atoms with Gasteiger partial charge in [-0.25, -0.2) is 0 Å². The second kappa shape index (κ2) is 8.00. The van der Waals surface area contributed by atoms with Crippen molar-refractivity contribution in [2.24, 2.45) is 11.7 Å². The highest BCUT2D eigenvalue weighted by Crippen LogP contribution is 2.45. The standard InChI is InChI=1S/C24H26N4O3/c1-24(2,14-29)28-18-12-16(23(25)31)13-19(30)20(18)21(27-17-6-4-3-5-7-17)22(28)15-8-10-26-11-9-15/h3-11,16,27,29H,12-14H2,1-2H3,(H2,25,31). The molecule has 160 valence electrons. The van der Waals surface area contributed by atoms with Crippen LogP contribution in [-0.2, 0) is 16.8 Å². The van der Waals surface area contributed by atoms with Gasteiger partial charge in [-0.1, -0.05) is 18.2 Å². The lowest BCUT2D eigenvalue weighted by atomic mass is 9.85. The average Bonchev–Trinajstić information content (AvgIpc) is 3.10. The Morgan fingerprint density at radius 2 is 1.87 bits per heavy atom. The summed E-state index contributed by atoms with van der Waals surface area (Å²) in [7, 11) is 0. The van der Waals surface area contributed by atoms with Crippen molar-refractivity contribution < 1.29 is 14.7 Å². The highest BCUT2D eigenvalue weighted by Gasteiger charge is 2.39. The van der Waals surface area contributed by atoms with E-state index in [0.717, 1.165) is 16.9 Å². The first-order valence-corrected chi connectivity index (χ1v) is 10.3. The Kier molecular flexibility index (Phi) is 5.37. The maximum Gasteiger partial charge on any atom is 0.221 e. The number of nitrogens with two attached hydrogens (primary N) is 1. The Balaban J connectivity index is 2.04. The summed E-state index contributed by atoms with van der Waals surface area (Å²) in [5.74, 6) is -1.19. The molecule has 1 amide bonds. The first-order valence-electron chi connectivity index (χ1n) is 10.3. The number of aromatic nitrogens is 2. The number of carbonyl (C=O) groups excluding carboxylic acids is 2. The third kappa shape index (κ3) is 3.72. The molecule has 0 radical (unpaired) electrons. The van der Waals surface area contributed by atoms with Crippen LogP contribution in [0.15, 0.2) is 54.9 Å². The molecule has 2 heterocycles. The minimum atomic E-state index is -0.723. The molecule has 7 heteroatoms. The number of primary amides is 1. The molecule has 1 unspecified atom stereocenters. The van der Waals surface area contributed by atoms with E-state index in [1.54, 1.807) is 12.4 Å². The summed E-state index contributed by atoms with van der Waals surface area (Å²) in [4.78, 5) is 29.4. The Morgan fingerprint density at radius 3 is 2.48 bits per heavy atom. The van der Waals surface area contributed by atoms with E-state index in [2.05, 4.69) is 10.3 Å². The number of nitrogens with zero attached hydrogens (tertiary/aromatic N) is 2. The number of ketones is 1. The summed E-state index contributed by atoms with van der Waals surface area (Å²) >= 11 is 0. The Morgan fingerprint density at radius 1 is 1.19 bits per heavy atom. The molecule has 0 saturated heterocycles. The summed E-state index contributed by atoms with van der Waals surface area (Å²) in [6.45, 7) is 3.66. The van der Waals surface area contributed by atoms with Crippen molar-refractivity contribution in [3.63, 3.8) is 0 Å². The summed E-state index contributed by atoms with van der Waals surface area (Å²) in [6, 6.07) is 13.4. The Labute approximate surface area is 180 Å². The maximum absolute atomic E-state index is 13.3. The van der Waals surface area contributed by atoms with Gasteiger partial charge in [0.1, 0.15) is 0 Å². The number of aliphatic hydroxyl groups is 1. The normalized spacial score (nSPS) is 16.1. The van der Waals surface area contributed by atoms with Crippen molar-refractivity contribution in [1.82, 2.24) is 9.55 Å². The molecule has 4 N–H and O–H groups in total. The zero-order chi connectivity index (χ0) is 22.2. The monoisotopic (exact) mass is 418 g/mol. The zero-order valence-electron chi connectivity index (χ0n) is 17.6. The highest BCUT2D eigenvalue weighted by atomic mass is 16.3. The van der Waals surface area contributed by atoms with Gasteiger partial charge < -0.3 is 20.7 Å². The van der Waals surface area contributed by atoms with E-state index in [-0.39, 0.29) is 18.8 Å². The minimum absolute atomic E-state index is 0.0746. The van der Waals surface area contributed by atoms with Gasteiger partial charge >= 0.3 is 0 Å². The van der Waals surface area contributed by atoms with Crippen molar-refractivity contribution in [3.8, 4) is 11.3 Å². The summed E-state index contributed by atoms with van der Waals surface area (Å²) in [6.07, 6.45) is 3.80. The number of hydrogen-bond acceptors (Lipinski definition) is 5. The third-order valence-corrected chi connectivity index (χ3v) is 5.81. The first kappa shape index (κ1) is 20.8. The predicted molar refractivity (Wildman–Crippen MR) is 119 cm³/mol. The van der Waals surface area contributed by atoms with Crippen molar-refractivity contribution in [2.45, 2.75) is 32.2 Å². The van der Waals surface area contributed by atoms with E-state index in [1.807, 2.05) is 60.9 Å². The smallest absolute Gasteiger partial charge is 0.221 e. The lowest BCUT2D eigenvalue weighted by Gasteiger charge is -2.31. The van der Waals surface area contributed by atoms with Crippen LogP contribution in [0.25, 0.3) is 11.3 Å². The van der Waals surface area contributed by atoms with Crippen molar-refractivity contribution in [2.75, 3.05) is 11.9 Å². The number of Topliss-reactive ketones (excluding diaryl/α,β-unsaturated/α-hetero) is 1. The topological polar surface area (TPSA) is 110 Å². The lowest BCUT2D eigenvalue weighted by molar-refractivity contribution is -0.121. The van der Waals surface area contributed by atoms with Gasteiger partial charge in [-0.3, -0.25) is 14.6 Å². The summed E-state index contributed by atoms with van der Waals surface area (Å²) < 4.78 is 1.98. The Hall–Kier alpha value is -3.45. The number of carbonyl (C=O) groups is 2. The van der Waals surface area contributed by atoms with Crippen molar-refractivity contribution in [1.29, 1.82) is 0 Å². The van der Waals surface area contributed by atoms with Crippen LogP contribution in [0.1, 0.15) is 36.3 Å². The van der Waals surface area contributed by atoms with Gasteiger partial charge in [0.15, 0.2) is 5.78 Å². The van der Waals surface area contributed by atoms with Gasteiger partial charge in [-0.15, -0.1) is 0 Å². The number of nitrogens with one attached hydrogen (secondary N) is 1. The lowest BCUT2D eigenvalue weighted by Crippen LogP contribution is -2.37. The molecule has 3 aromatic rings. The number of para-hydroxylation sites is 1. The number of amides is 1. The number of anilines is 2. The molecule has 4 rings (SSSR count). The number of pyridine rings is 1. The molecule has 0 spiro atoms. The molecule has 0 saturated carbocycles. The van der Waals surface area contributed by atoms with Crippen LogP contribution in [0, 0.1) is 5.92 Å². The second-order valence-corrected chi connectivity index (χ2v) is 8.51. The first-order chi connectivity index (χ1) is 14.8. The van der Waals surface area contributed by atoms with Crippen LogP contribution >= 0.6 is 0 Å². The van der Waals surface area contributed by atoms with Crippen molar-refractivity contribution in [3.05, 3.63) is 66.1 Å². The largest absolute Gasteiger partial charge is 0.394 e. The molecule has 31 heavy (non-hydrogen) atoms. The zero-order valence-corrected chi connectivity index (χ0v) is 17.6. The maximum atomic E-state index is 13.3. The van der Waals surface area contributed by atoms with E-state index in [0.29, 0.717) is 23.4 Å². The van der Waals surface area contributed by atoms with Gasteiger partial charge in [-0.05, 0) is 38.1 Å². The van der Waals surface area contributed by atoms with Gasteiger partial charge in [0.25, 0.3) is 0 Å². The summed E-state index contributed by atoms with van der Waals surface area (Å²) in [5.41, 5.74) is 9.26. The average molecular weight is 418 g/mol. The minimum Gasteiger partial charge on any atom is -0.394 e. The van der Waals surface area contributed by atoms with Crippen LogP contribution in [0.3, 0.4) is 0 Å². The van der Waals surface area contributed by atoms with Crippen LogP contribution in [0.5, 0.6) is 0 Å². The van der Waals surface area contributed by atoms with Crippen LogP contribution in [0.2, 0.25) is 0 Å². The van der Waals surface area contributed by atoms with Crippen molar-refractivity contribution >= 4 is 23.1 Å². The molecule has 1 atom stereocenters. The van der Waals surface area contributed by atoms with E-state index in [4.69, 9.17) is 5.73 Å². The third-order valence-electron chi connectivity index (χ3n) is 5.81. The van der Waals surface area contributed by atoms with Crippen LogP contribution < -0.4 is 11.1 Å². The fourth-order valence-corrected chi connectivity index (χ4v) is 4.26. The molecule has 1 aromatic carbocycles.